The van der Waals surface area contributed by atoms with Crippen LogP contribution in [0.5, 0.6) is 0 Å². The van der Waals surface area contributed by atoms with Crippen LogP contribution in [-0.4, -0.2) is 5.78 Å². The largest absolute Gasteiger partial charge is 0.298 e. The molecule has 0 aromatic carbocycles. The number of hydrogen-bond acceptors (Lipinski definition) is 2. The monoisotopic (exact) mass is 123 g/mol. The topological polar surface area (TPSA) is 40.9 Å². The number of nitriles is 1. The molecule has 0 bridgehead atoms. The molecular weight excluding hydrogens is 114 g/mol. The SMILES string of the molecule is C[C@]1(C#N)CCCC1=O. The quantitative estimate of drug-likeness (QED) is 0.486. The van der Waals surface area contributed by atoms with E-state index in [2.05, 4.69) is 0 Å². The van der Waals surface area contributed by atoms with E-state index >= 15 is 0 Å². The van der Waals surface area contributed by atoms with Gasteiger partial charge in [0, 0.05) is 6.42 Å². The summed E-state index contributed by atoms with van der Waals surface area (Å²) in [6, 6.07) is 2.04. The first-order valence-electron chi connectivity index (χ1n) is 3.13. The Hall–Kier alpha value is -0.840. The maximum absolute atomic E-state index is 10.9. The van der Waals surface area contributed by atoms with Crippen molar-refractivity contribution >= 4 is 5.78 Å². The smallest absolute Gasteiger partial charge is 0.152 e. The normalized spacial score (nSPS) is 34.4. The fourth-order valence-electron chi connectivity index (χ4n) is 1.14. The predicted octanol–water partition coefficient (Wildman–Crippen LogP) is 1.27. The number of carbonyl (C=O) groups is 1. The van der Waals surface area contributed by atoms with Crippen molar-refractivity contribution in [3.05, 3.63) is 0 Å². The van der Waals surface area contributed by atoms with Crippen molar-refractivity contribution in [2.24, 2.45) is 5.41 Å². The molecule has 0 radical (unpaired) electrons. The van der Waals surface area contributed by atoms with Crippen LogP contribution in [0.15, 0.2) is 0 Å². The third kappa shape index (κ3) is 0.829. The van der Waals surface area contributed by atoms with Crippen LogP contribution in [0.2, 0.25) is 0 Å². The van der Waals surface area contributed by atoms with Crippen LogP contribution >= 0.6 is 0 Å². The number of hydrogen-bond donors (Lipinski definition) is 0. The summed E-state index contributed by atoms with van der Waals surface area (Å²) in [4.78, 5) is 10.9. The van der Waals surface area contributed by atoms with Gasteiger partial charge in [0.15, 0.2) is 5.78 Å². The minimum absolute atomic E-state index is 0.116. The number of Topliss-reactive ketones (excluding diaryl/α,β-unsaturated/α-hetero) is 1. The van der Waals surface area contributed by atoms with Crippen molar-refractivity contribution < 1.29 is 4.79 Å². The minimum atomic E-state index is -0.639. The third-order valence-corrected chi connectivity index (χ3v) is 1.94. The van der Waals surface area contributed by atoms with E-state index in [-0.39, 0.29) is 5.78 Å². The number of nitrogens with zero attached hydrogens (tertiary/aromatic N) is 1. The first-order chi connectivity index (χ1) is 4.19. The second-order valence-electron chi connectivity index (χ2n) is 2.72. The number of carbonyl (C=O) groups excluding carboxylic acids is 1. The van der Waals surface area contributed by atoms with Crippen LogP contribution in [0, 0.1) is 16.7 Å². The van der Waals surface area contributed by atoms with E-state index in [1.54, 1.807) is 6.92 Å². The lowest BCUT2D eigenvalue weighted by Crippen LogP contribution is -2.18. The molecule has 1 aliphatic rings. The van der Waals surface area contributed by atoms with Crippen LogP contribution in [0.4, 0.5) is 0 Å². The summed E-state index contributed by atoms with van der Waals surface area (Å²) in [6.45, 7) is 1.72. The summed E-state index contributed by atoms with van der Waals surface area (Å²) < 4.78 is 0. The Morgan fingerprint density at radius 1 is 1.78 bits per heavy atom. The van der Waals surface area contributed by atoms with Gasteiger partial charge in [-0.05, 0) is 19.8 Å². The van der Waals surface area contributed by atoms with Gasteiger partial charge in [-0.3, -0.25) is 4.79 Å². The zero-order chi connectivity index (χ0) is 6.91. The fourth-order valence-corrected chi connectivity index (χ4v) is 1.14. The Bertz CT molecular complexity index is 180. The highest BCUT2D eigenvalue weighted by atomic mass is 16.1. The van der Waals surface area contributed by atoms with Crippen LogP contribution in [0.1, 0.15) is 26.2 Å². The van der Waals surface area contributed by atoms with E-state index in [1.807, 2.05) is 6.07 Å². The van der Waals surface area contributed by atoms with E-state index < -0.39 is 5.41 Å². The molecule has 0 spiro atoms. The van der Waals surface area contributed by atoms with Gasteiger partial charge in [0.25, 0.3) is 0 Å². The zero-order valence-electron chi connectivity index (χ0n) is 5.48. The molecule has 0 aromatic heterocycles. The second-order valence-corrected chi connectivity index (χ2v) is 2.72. The van der Waals surface area contributed by atoms with Gasteiger partial charge in [0.2, 0.25) is 0 Å². The Morgan fingerprint density at radius 2 is 2.44 bits per heavy atom. The summed E-state index contributed by atoms with van der Waals surface area (Å²) in [5.74, 6) is 0.116. The average molecular weight is 123 g/mol. The lowest BCUT2D eigenvalue weighted by molar-refractivity contribution is -0.122. The van der Waals surface area contributed by atoms with Gasteiger partial charge in [-0.15, -0.1) is 0 Å². The van der Waals surface area contributed by atoms with Crippen LogP contribution < -0.4 is 0 Å². The Balaban J connectivity index is 2.82. The highest BCUT2D eigenvalue weighted by Gasteiger charge is 2.37. The molecule has 1 fully saturated rings. The lowest BCUT2D eigenvalue weighted by atomic mass is 9.90. The van der Waals surface area contributed by atoms with E-state index in [4.69, 9.17) is 5.26 Å². The van der Waals surface area contributed by atoms with Crippen molar-refractivity contribution in [2.45, 2.75) is 26.2 Å². The molecular formula is C7H9NO. The highest BCUT2D eigenvalue weighted by Crippen LogP contribution is 2.32. The molecule has 48 valence electrons. The van der Waals surface area contributed by atoms with E-state index in [9.17, 15) is 4.79 Å². The molecule has 0 unspecified atom stereocenters. The second kappa shape index (κ2) is 1.84. The minimum Gasteiger partial charge on any atom is -0.298 e. The van der Waals surface area contributed by atoms with Gasteiger partial charge in [-0.25, -0.2) is 0 Å². The van der Waals surface area contributed by atoms with Crippen molar-refractivity contribution in [1.29, 1.82) is 5.26 Å². The average Bonchev–Trinajstić information content (AvgIpc) is 2.15. The van der Waals surface area contributed by atoms with E-state index in [0.29, 0.717) is 6.42 Å². The molecule has 0 heterocycles. The standard InChI is InChI=1S/C7H9NO/c1-7(5-8)4-2-3-6(7)9/h2-4H2,1H3/t7-/m1/s1. The molecule has 0 aromatic rings. The van der Waals surface area contributed by atoms with E-state index in [0.717, 1.165) is 12.8 Å². The predicted molar refractivity (Wildman–Crippen MR) is 32.6 cm³/mol. The molecule has 1 atom stereocenters. The van der Waals surface area contributed by atoms with Gasteiger partial charge in [0.05, 0.1) is 6.07 Å². The van der Waals surface area contributed by atoms with Gasteiger partial charge in [-0.2, -0.15) is 5.26 Å². The Kier molecular flexibility index (Phi) is 1.28. The molecule has 1 aliphatic carbocycles. The Labute approximate surface area is 54.5 Å². The first kappa shape index (κ1) is 6.28. The summed E-state index contributed by atoms with van der Waals surface area (Å²) in [5.41, 5.74) is -0.639. The summed E-state index contributed by atoms with van der Waals surface area (Å²) in [7, 11) is 0. The molecule has 1 rings (SSSR count). The molecule has 1 saturated carbocycles. The molecule has 0 amide bonds. The zero-order valence-corrected chi connectivity index (χ0v) is 5.48. The molecule has 2 nitrogen and oxygen atoms in total. The maximum Gasteiger partial charge on any atom is 0.152 e. The third-order valence-electron chi connectivity index (χ3n) is 1.94. The molecule has 2 heteroatoms. The molecule has 0 aliphatic heterocycles. The van der Waals surface area contributed by atoms with Gasteiger partial charge in [0.1, 0.15) is 5.41 Å². The van der Waals surface area contributed by atoms with Gasteiger partial charge in [-0.1, -0.05) is 0 Å². The lowest BCUT2D eigenvalue weighted by Gasteiger charge is -2.08. The Morgan fingerprint density at radius 3 is 2.67 bits per heavy atom. The van der Waals surface area contributed by atoms with Crippen LogP contribution in [0.3, 0.4) is 0 Å². The molecule has 9 heavy (non-hydrogen) atoms. The summed E-state index contributed by atoms with van der Waals surface area (Å²) >= 11 is 0. The number of rotatable bonds is 0. The van der Waals surface area contributed by atoms with Crippen molar-refractivity contribution in [3.8, 4) is 6.07 Å². The van der Waals surface area contributed by atoms with Gasteiger partial charge < -0.3 is 0 Å². The van der Waals surface area contributed by atoms with E-state index in [1.165, 1.54) is 0 Å². The highest BCUT2D eigenvalue weighted by molar-refractivity contribution is 5.88. The maximum atomic E-state index is 10.9. The van der Waals surface area contributed by atoms with Crippen LogP contribution in [-0.2, 0) is 4.79 Å². The van der Waals surface area contributed by atoms with Crippen LogP contribution in [0.25, 0.3) is 0 Å². The van der Waals surface area contributed by atoms with Gasteiger partial charge >= 0.3 is 0 Å². The van der Waals surface area contributed by atoms with Crippen molar-refractivity contribution in [2.75, 3.05) is 0 Å². The first-order valence-corrected chi connectivity index (χ1v) is 3.13. The summed E-state index contributed by atoms with van der Waals surface area (Å²) in [5, 5.41) is 8.52. The van der Waals surface area contributed by atoms with Crippen molar-refractivity contribution in [3.63, 3.8) is 0 Å². The number of ketones is 1. The summed E-state index contributed by atoms with van der Waals surface area (Å²) in [6.07, 6.45) is 2.25. The van der Waals surface area contributed by atoms with Crippen molar-refractivity contribution in [1.82, 2.24) is 0 Å². The molecule has 0 saturated heterocycles. The molecule has 0 N–H and O–H groups in total. The fraction of sp³-hybridized carbons (Fsp3) is 0.714.